The lowest BCUT2D eigenvalue weighted by molar-refractivity contribution is -0.174. The fourth-order valence-electron chi connectivity index (χ4n) is 35.6. The van der Waals surface area contributed by atoms with Crippen LogP contribution in [0, 0.1) is 185 Å². The minimum absolute atomic E-state index is 0.151. The third kappa shape index (κ3) is 19.9. The number of aliphatic hydroxyl groups is 8. The van der Waals surface area contributed by atoms with Gasteiger partial charge in [0.2, 0.25) is 0 Å². The van der Waals surface area contributed by atoms with Gasteiger partial charge in [-0.2, -0.15) is 0 Å². The third-order valence-electron chi connectivity index (χ3n) is 42.0. The maximum atomic E-state index is 12.0. The molecule has 40 atom stereocenters. The molecule has 0 saturated heterocycles. The Bertz CT molecular complexity index is 3580. The molecule has 0 heterocycles. The number of carbonyl (C=O) groups excluding carboxylic acids is 2. The summed E-state index contributed by atoms with van der Waals surface area (Å²) in [5, 5.41) is 108. The number of carboxylic acids is 2. The van der Waals surface area contributed by atoms with E-state index in [9.17, 15) is 60.0 Å². The molecule has 16 saturated carbocycles. The molecule has 18 heteroatoms. The zero-order valence-corrected chi connectivity index (χ0v) is 80.7. The standard InChI is InChI=1S/C28H49NO4.C27H44O3.C24H39NO2S.C24H40O4.C3H4O2/c1-17(11-14-29-25(32)33-26(2,3)4)20-7-8-21-24-22(10-13-28(20,21)6)27(5)12-9-19(30)15-18(27)16-23(24)31;1-5-19(28)8-6-7-17(2)21-9-10-22-25-23(12-14-27(21,22)4)26(3)13-11-20(29)15-18(26)16-24(25)30;1-15(8-11-25-14-28)18-4-5-19-22-20(7-10-24(18,19)3)23(2)9-6-17(26)12-16(23)13-21(22)27;1-14(4-7-21(27)28)17-5-6-18-22-19(9-11-24(17,18)3)23(2)10-8-16(25)12-15(23)13-20(22)26;1-2-3(4)5/h17-24,30-31H,7-16H2,1-6H3,(H,29,32);5,17-18,20-25,29-30H,1,6-16H2,2-4H3;15-22,26-27H,4-13H2,1-3H3;14-20,22,25-26H,4-13H2,1-3H3,(H,27,28);2H,1H2,(H,4,5)/t17-,18+,19-,20-,21+,22+,23-,24+,27+,28-;17-,18+,20-,21-,22+,23+,24-,25+,26+,27-;15-,16+,17-,18-,19+,20+,21-,22+,23+,24-;14-,15+,16-,17-,18+,19+,20-,22+,23+,24-;/m1111./s1. The summed E-state index contributed by atoms with van der Waals surface area (Å²) in [6.45, 7) is 43.1. The van der Waals surface area contributed by atoms with Crippen LogP contribution in [0.3, 0.4) is 0 Å². The van der Waals surface area contributed by atoms with Crippen LogP contribution in [0.2, 0.25) is 0 Å². The Morgan fingerprint density at radius 2 is 0.694 bits per heavy atom. The number of fused-ring (bicyclic) bond motifs is 20. The number of allylic oxidation sites excluding steroid dienone is 1. The molecule has 16 fully saturated rings. The number of aliphatic imine (C=N–C) groups is 1. The number of nitrogens with one attached hydrogen (secondary N) is 1. The molecule has 11 N–H and O–H groups in total. The van der Waals surface area contributed by atoms with Gasteiger partial charge in [0.05, 0.1) is 54.0 Å². The third-order valence-corrected chi connectivity index (χ3v) is 42.1. The van der Waals surface area contributed by atoms with Crippen molar-refractivity contribution in [3.63, 3.8) is 0 Å². The monoisotopic (exact) mass is 1750 g/mol. The minimum Gasteiger partial charge on any atom is -0.481 e. The fourth-order valence-corrected chi connectivity index (χ4v) is 35.7. The highest BCUT2D eigenvalue weighted by Crippen LogP contribution is 2.74. The molecule has 706 valence electrons. The molecule has 16 aliphatic carbocycles. The highest BCUT2D eigenvalue weighted by Gasteiger charge is 2.69. The summed E-state index contributed by atoms with van der Waals surface area (Å²) in [7, 11) is 0. The number of amides is 1. The first kappa shape index (κ1) is 99.8. The highest BCUT2D eigenvalue weighted by atomic mass is 32.1. The number of hydrogen-bond donors (Lipinski definition) is 11. The van der Waals surface area contributed by atoms with Crippen molar-refractivity contribution in [1.82, 2.24) is 5.32 Å². The second-order valence-corrected chi connectivity index (χ2v) is 48.9. The number of rotatable bonds is 19. The van der Waals surface area contributed by atoms with Gasteiger partial charge in [-0.05, 0) is 462 Å². The summed E-state index contributed by atoms with van der Waals surface area (Å²) in [6, 6.07) is 0. The van der Waals surface area contributed by atoms with Crippen molar-refractivity contribution in [2.24, 2.45) is 190 Å². The lowest BCUT2D eigenvalue weighted by Crippen LogP contribution is -2.58. The molecule has 0 aromatic carbocycles. The first-order valence-electron chi connectivity index (χ1n) is 51.0. The zero-order chi connectivity index (χ0) is 90.5. The number of thiocarbonyl (C=S) groups is 1. The van der Waals surface area contributed by atoms with Crippen molar-refractivity contribution in [1.29, 1.82) is 0 Å². The molecule has 0 aromatic heterocycles. The van der Waals surface area contributed by atoms with Gasteiger partial charge in [-0.15, -0.1) is 0 Å². The first-order chi connectivity index (χ1) is 58.3. The van der Waals surface area contributed by atoms with E-state index in [1.807, 2.05) is 20.8 Å². The summed E-state index contributed by atoms with van der Waals surface area (Å²) >= 11 is 4.73. The summed E-state index contributed by atoms with van der Waals surface area (Å²) in [5.41, 5.74) is 1.95. The minimum atomic E-state index is -0.981. The van der Waals surface area contributed by atoms with Crippen LogP contribution < -0.4 is 5.32 Å². The number of isothiocyanates is 1. The van der Waals surface area contributed by atoms with Crippen LogP contribution in [-0.4, -0.2) is 148 Å². The van der Waals surface area contributed by atoms with Crippen molar-refractivity contribution in [3.05, 3.63) is 25.3 Å². The molecule has 16 rings (SSSR count). The highest BCUT2D eigenvalue weighted by molar-refractivity contribution is 7.78. The van der Waals surface area contributed by atoms with E-state index < -0.39 is 17.5 Å². The van der Waals surface area contributed by atoms with E-state index in [0.29, 0.717) is 171 Å². The van der Waals surface area contributed by atoms with Crippen LogP contribution in [0.15, 0.2) is 30.3 Å². The Hall–Kier alpha value is -3.16. The van der Waals surface area contributed by atoms with E-state index in [-0.39, 0.29) is 88.8 Å². The van der Waals surface area contributed by atoms with Gasteiger partial charge in [-0.25, -0.2) is 14.6 Å². The van der Waals surface area contributed by atoms with Gasteiger partial charge in [0.1, 0.15) is 5.60 Å². The SMILES string of the molecule is C=CC(=O)CCC[C@@H](C)[C@H]1CC[C@H]2[C@@H]3[C@H](O)C[C@@H]4C[C@H](O)CC[C@]4(C)[C@H]3CC[C@]12C.C=CC(=O)O.C[C@H](CCC(=O)O)[C@H]1CC[C@H]2[C@@H]3[C@H](O)C[C@@H]4C[C@H](O)CC[C@]4(C)[C@H]3CC[C@]12C.C[C@H](CCN=C=S)[C@H]1CC[C@H]2[C@@H]3[C@H](O)C[C@@H]4C[C@H](O)CC[C@]4(C)[C@H]3CC[C@]12C.C[C@H](CCNC(=O)OC(C)(C)C)[C@H]1CC[C@H]2[C@@H]3[C@H](O)C[C@@H]4C[C@H](O)CC[C@]4(C)[C@H]3CC[C@]12C. The maximum Gasteiger partial charge on any atom is 0.407 e. The van der Waals surface area contributed by atoms with E-state index in [0.717, 1.165) is 153 Å². The second-order valence-electron chi connectivity index (χ2n) is 48.7. The van der Waals surface area contributed by atoms with Gasteiger partial charge in [0, 0.05) is 32.0 Å². The number of ketones is 1. The van der Waals surface area contributed by atoms with Crippen molar-refractivity contribution < 1.29 is 75.0 Å². The van der Waals surface area contributed by atoms with Crippen molar-refractivity contribution in [2.45, 2.75) is 409 Å². The molecular weight excluding hydrogens is 1570 g/mol. The lowest BCUT2D eigenvalue weighted by Gasteiger charge is -2.62. The predicted octanol–water partition coefficient (Wildman–Crippen LogP) is 20.9. The lowest BCUT2D eigenvalue weighted by atomic mass is 9.43. The molecule has 1 amide bonds. The van der Waals surface area contributed by atoms with Crippen LogP contribution in [0.25, 0.3) is 0 Å². The molecule has 0 unspecified atom stereocenters. The van der Waals surface area contributed by atoms with Gasteiger partial charge in [-0.3, -0.25) is 9.59 Å². The average molecular weight is 1750 g/mol. The van der Waals surface area contributed by atoms with Crippen LogP contribution in [0.4, 0.5) is 4.79 Å². The number of aliphatic hydroxyl groups excluding tert-OH is 8. The van der Waals surface area contributed by atoms with E-state index in [4.69, 9.17) is 27.2 Å². The molecule has 0 aliphatic heterocycles. The molecule has 124 heavy (non-hydrogen) atoms. The number of aliphatic carboxylic acids is 2. The Labute approximate surface area is 754 Å². The quantitative estimate of drug-likeness (QED) is 0.0325. The van der Waals surface area contributed by atoms with Crippen molar-refractivity contribution >= 4 is 41.2 Å². The van der Waals surface area contributed by atoms with Crippen LogP contribution in [-0.2, 0) is 19.1 Å². The van der Waals surface area contributed by atoms with E-state index in [1.54, 1.807) is 0 Å². The van der Waals surface area contributed by atoms with Gasteiger partial charge in [0.25, 0.3) is 0 Å². The van der Waals surface area contributed by atoms with E-state index in [1.165, 1.54) is 109 Å². The largest absolute Gasteiger partial charge is 0.481 e. The zero-order valence-electron chi connectivity index (χ0n) is 79.9. The Kier molecular flexibility index (Phi) is 32.2. The Morgan fingerprint density at radius 3 is 0.976 bits per heavy atom. The predicted molar refractivity (Wildman–Crippen MR) is 494 cm³/mol. The summed E-state index contributed by atoms with van der Waals surface area (Å²) in [5.74, 6) is 12.0. The number of hydrogen-bond acceptors (Lipinski definition) is 15. The fraction of sp³-hybridized carbons (Fsp3) is 0.915. The maximum absolute atomic E-state index is 12.0. The number of carbonyl (C=O) groups is 4. The average Bonchev–Trinajstić information content (AvgIpc) is 1.52. The van der Waals surface area contributed by atoms with Gasteiger partial charge < -0.3 is 61.1 Å². The number of carboxylic acid groups (broad SMARTS) is 2. The normalized spacial score (nSPS) is 47.6. The van der Waals surface area contributed by atoms with Crippen LogP contribution in [0.1, 0.15) is 354 Å². The molecular formula is C106H176N2O15S. The molecule has 0 spiro atoms. The molecule has 17 nitrogen and oxygen atoms in total. The summed E-state index contributed by atoms with van der Waals surface area (Å²) < 4.78 is 5.39. The Balaban J connectivity index is 0.000000148. The topological polar surface area (TPSA) is 304 Å². The van der Waals surface area contributed by atoms with E-state index >= 15 is 0 Å². The van der Waals surface area contributed by atoms with Crippen LogP contribution >= 0.6 is 12.2 Å². The number of ether oxygens (including phenoxy) is 1. The number of alkyl carbamates (subject to hydrolysis) is 1. The summed E-state index contributed by atoms with van der Waals surface area (Å²) in [6.07, 6.45) is 41.6. The second kappa shape index (κ2) is 39.9. The molecule has 0 bridgehead atoms. The van der Waals surface area contributed by atoms with Gasteiger partial charge in [0.15, 0.2) is 5.78 Å². The Morgan fingerprint density at radius 1 is 0.411 bits per heavy atom. The van der Waals surface area contributed by atoms with Crippen molar-refractivity contribution in [2.75, 3.05) is 13.1 Å². The number of nitrogens with zero attached hydrogens (tertiary/aromatic N) is 1. The van der Waals surface area contributed by atoms with Crippen molar-refractivity contribution in [3.8, 4) is 0 Å². The molecule has 16 aliphatic rings. The first-order valence-corrected chi connectivity index (χ1v) is 51.4. The smallest absolute Gasteiger partial charge is 0.407 e. The van der Waals surface area contributed by atoms with Gasteiger partial charge in [-0.1, -0.05) is 96.2 Å². The van der Waals surface area contributed by atoms with Gasteiger partial charge >= 0.3 is 18.0 Å². The summed E-state index contributed by atoms with van der Waals surface area (Å²) in [4.78, 5) is 48.1. The molecule has 0 radical (unpaired) electrons. The molecule has 0 aromatic rings. The van der Waals surface area contributed by atoms with E-state index in [2.05, 4.69) is 112 Å². The van der Waals surface area contributed by atoms with Crippen LogP contribution in [0.5, 0.6) is 0 Å².